The van der Waals surface area contributed by atoms with Crippen LogP contribution in [-0.4, -0.2) is 17.1 Å². The van der Waals surface area contributed by atoms with Crippen LogP contribution in [0.5, 0.6) is 0 Å². The van der Waals surface area contributed by atoms with Gasteiger partial charge in [0.25, 0.3) is 0 Å². The molecular weight excluding hydrogens is 202 g/mol. The summed E-state index contributed by atoms with van der Waals surface area (Å²) in [4.78, 5) is 14.6. The van der Waals surface area contributed by atoms with Crippen LogP contribution in [0.1, 0.15) is 6.42 Å². The summed E-state index contributed by atoms with van der Waals surface area (Å²) in [7, 11) is 0. The number of aliphatic hydroxyl groups excluding tert-OH is 1. The van der Waals surface area contributed by atoms with Gasteiger partial charge in [0.1, 0.15) is 17.2 Å². The molecule has 0 spiro atoms. The van der Waals surface area contributed by atoms with Crippen LogP contribution in [0.3, 0.4) is 0 Å². The predicted molar refractivity (Wildman–Crippen MR) is 54.3 cm³/mol. The first-order chi connectivity index (χ1) is 6.72. The van der Waals surface area contributed by atoms with Crippen LogP contribution in [0.25, 0.3) is 0 Å². The number of allylic oxidation sites excluding steroid dienone is 5. The van der Waals surface area contributed by atoms with Crippen LogP contribution in [0, 0.1) is 5.92 Å². The SMILES string of the molecule is O=CC1=C(Cl)N=C2C(O)=CC=CC2C1. The molecule has 2 aliphatic rings. The number of hydrogen-bond acceptors (Lipinski definition) is 3. The highest BCUT2D eigenvalue weighted by Gasteiger charge is 2.26. The maximum Gasteiger partial charge on any atom is 0.149 e. The fraction of sp³-hybridized carbons (Fsp3) is 0.200. The van der Waals surface area contributed by atoms with Gasteiger partial charge in [0.05, 0.1) is 5.71 Å². The average Bonchev–Trinajstić information content (AvgIpc) is 2.19. The Morgan fingerprint density at radius 1 is 1.64 bits per heavy atom. The number of aliphatic hydroxyl groups is 1. The van der Waals surface area contributed by atoms with E-state index in [9.17, 15) is 9.90 Å². The number of nitrogens with zero attached hydrogens (tertiary/aromatic N) is 1. The minimum Gasteiger partial charge on any atom is -0.506 e. The highest BCUT2D eigenvalue weighted by atomic mass is 35.5. The van der Waals surface area contributed by atoms with Crippen molar-refractivity contribution in [2.45, 2.75) is 6.42 Å². The topological polar surface area (TPSA) is 49.7 Å². The first-order valence-corrected chi connectivity index (χ1v) is 4.60. The second kappa shape index (κ2) is 3.42. The number of fused-ring (bicyclic) bond motifs is 1. The van der Waals surface area contributed by atoms with E-state index in [1.54, 1.807) is 12.2 Å². The Labute approximate surface area is 86.1 Å². The van der Waals surface area contributed by atoms with Gasteiger partial charge in [-0.15, -0.1) is 0 Å². The second-order valence-electron chi connectivity index (χ2n) is 3.18. The van der Waals surface area contributed by atoms with Gasteiger partial charge in [-0.1, -0.05) is 23.8 Å². The van der Waals surface area contributed by atoms with Gasteiger partial charge in [-0.25, -0.2) is 4.99 Å². The van der Waals surface area contributed by atoms with Gasteiger partial charge < -0.3 is 5.11 Å². The Hall–Kier alpha value is -1.35. The summed E-state index contributed by atoms with van der Waals surface area (Å²) in [6.07, 6.45) is 6.43. The van der Waals surface area contributed by atoms with Crippen molar-refractivity contribution in [2.75, 3.05) is 0 Å². The Morgan fingerprint density at radius 3 is 3.14 bits per heavy atom. The first kappa shape index (κ1) is 9.21. The fourth-order valence-corrected chi connectivity index (χ4v) is 1.76. The molecule has 0 bridgehead atoms. The van der Waals surface area contributed by atoms with Gasteiger partial charge in [-0.3, -0.25) is 4.79 Å². The van der Waals surface area contributed by atoms with E-state index in [0.717, 1.165) is 0 Å². The third kappa shape index (κ3) is 1.40. The Morgan fingerprint density at radius 2 is 2.43 bits per heavy atom. The molecule has 3 nitrogen and oxygen atoms in total. The molecule has 1 aliphatic heterocycles. The van der Waals surface area contributed by atoms with E-state index in [1.807, 2.05) is 6.08 Å². The van der Waals surface area contributed by atoms with E-state index in [-0.39, 0.29) is 16.8 Å². The average molecular weight is 210 g/mol. The van der Waals surface area contributed by atoms with E-state index in [4.69, 9.17) is 11.6 Å². The van der Waals surface area contributed by atoms with Crippen LogP contribution < -0.4 is 0 Å². The van der Waals surface area contributed by atoms with Crippen LogP contribution >= 0.6 is 11.6 Å². The molecule has 0 saturated carbocycles. The largest absolute Gasteiger partial charge is 0.506 e. The zero-order valence-electron chi connectivity index (χ0n) is 7.27. The molecule has 4 heteroatoms. The molecule has 1 aliphatic carbocycles. The molecule has 0 radical (unpaired) electrons. The lowest BCUT2D eigenvalue weighted by molar-refractivity contribution is -0.105. The van der Waals surface area contributed by atoms with Crippen molar-refractivity contribution < 1.29 is 9.90 Å². The van der Waals surface area contributed by atoms with Crippen molar-refractivity contribution in [2.24, 2.45) is 10.9 Å². The van der Waals surface area contributed by atoms with E-state index in [2.05, 4.69) is 4.99 Å². The lowest BCUT2D eigenvalue weighted by atomic mass is 9.89. The lowest BCUT2D eigenvalue weighted by Gasteiger charge is -2.22. The Kier molecular flexibility index (Phi) is 2.25. The molecule has 1 heterocycles. The van der Waals surface area contributed by atoms with Gasteiger partial charge in [0.15, 0.2) is 0 Å². The molecular formula is C10H8ClNO2. The molecule has 0 aromatic rings. The van der Waals surface area contributed by atoms with Crippen molar-refractivity contribution in [3.63, 3.8) is 0 Å². The summed E-state index contributed by atoms with van der Waals surface area (Å²) < 4.78 is 0. The summed E-state index contributed by atoms with van der Waals surface area (Å²) in [5.41, 5.74) is 1.03. The maximum absolute atomic E-state index is 10.6. The van der Waals surface area contributed by atoms with Gasteiger partial charge >= 0.3 is 0 Å². The molecule has 1 unspecified atom stereocenters. The van der Waals surface area contributed by atoms with Crippen molar-refractivity contribution in [3.8, 4) is 0 Å². The maximum atomic E-state index is 10.6. The van der Waals surface area contributed by atoms with Crippen LogP contribution in [-0.2, 0) is 4.79 Å². The number of aldehydes is 1. The standard InChI is InChI=1S/C10H8ClNO2/c11-10-7(5-13)4-6-2-1-3-8(14)9(6)12-10/h1-3,5-6,14H,4H2. The third-order valence-corrected chi connectivity index (χ3v) is 2.60. The minimum absolute atomic E-state index is 0.0253. The highest BCUT2D eigenvalue weighted by molar-refractivity contribution is 6.32. The molecule has 1 atom stereocenters. The summed E-state index contributed by atoms with van der Waals surface area (Å²) >= 11 is 5.77. The fourth-order valence-electron chi connectivity index (χ4n) is 1.55. The highest BCUT2D eigenvalue weighted by Crippen LogP contribution is 2.30. The van der Waals surface area contributed by atoms with E-state index >= 15 is 0 Å². The van der Waals surface area contributed by atoms with Crippen LogP contribution in [0.4, 0.5) is 0 Å². The Balaban J connectivity index is 2.44. The van der Waals surface area contributed by atoms with E-state index in [0.29, 0.717) is 24.0 Å². The van der Waals surface area contributed by atoms with E-state index in [1.165, 1.54) is 0 Å². The molecule has 0 aromatic heterocycles. The van der Waals surface area contributed by atoms with E-state index < -0.39 is 0 Å². The van der Waals surface area contributed by atoms with Gasteiger partial charge in [0, 0.05) is 11.5 Å². The summed E-state index contributed by atoms with van der Waals surface area (Å²) in [5, 5.41) is 9.67. The zero-order valence-corrected chi connectivity index (χ0v) is 8.03. The van der Waals surface area contributed by atoms with Gasteiger partial charge in [0.2, 0.25) is 0 Å². The number of carbonyl (C=O) groups is 1. The minimum atomic E-state index is -0.0253. The predicted octanol–water partition coefficient (Wildman–Crippen LogP) is 2.11. The number of aliphatic imine (C=N–C) groups is 1. The van der Waals surface area contributed by atoms with Crippen molar-refractivity contribution >= 4 is 23.6 Å². The van der Waals surface area contributed by atoms with Crippen molar-refractivity contribution in [1.82, 2.24) is 0 Å². The monoisotopic (exact) mass is 209 g/mol. The number of halogens is 1. The van der Waals surface area contributed by atoms with Crippen LogP contribution in [0.15, 0.2) is 39.7 Å². The van der Waals surface area contributed by atoms with Gasteiger partial charge in [-0.2, -0.15) is 0 Å². The number of rotatable bonds is 1. The molecule has 2 rings (SSSR count). The molecule has 0 saturated heterocycles. The first-order valence-electron chi connectivity index (χ1n) is 4.22. The third-order valence-electron chi connectivity index (χ3n) is 2.28. The van der Waals surface area contributed by atoms with Gasteiger partial charge in [-0.05, 0) is 12.5 Å². The molecule has 0 amide bonds. The number of carbonyl (C=O) groups excluding carboxylic acids is 1. The number of hydrogen-bond donors (Lipinski definition) is 1. The normalized spacial score (nSPS) is 25.4. The molecule has 0 aromatic carbocycles. The molecule has 0 fully saturated rings. The quantitative estimate of drug-likeness (QED) is 0.531. The summed E-state index contributed by atoms with van der Waals surface area (Å²) in [6.45, 7) is 0. The molecule has 72 valence electrons. The Bertz CT molecular complexity index is 404. The smallest absolute Gasteiger partial charge is 0.149 e. The zero-order chi connectivity index (χ0) is 10.1. The van der Waals surface area contributed by atoms with Crippen molar-refractivity contribution in [3.05, 3.63) is 34.7 Å². The lowest BCUT2D eigenvalue weighted by Crippen LogP contribution is -2.21. The summed E-state index contributed by atoms with van der Waals surface area (Å²) in [5.74, 6) is 0.100. The van der Waals surface area contributed by atoms with Crippen LogP contribution in [0.2, 0.25) is 0 Å². The molecule has 1 N–H and O–H groups in total. The molecule has 14 heavy (non-hydrogen) atoms. The van der Waals surface area contributed by atoms with Crippen molar-refractivity contribution in [1.29, 1.82) is 0 Å². The summed E-state index contributed by atoms with van der Waals surface area (Å²) in [6, 6.07) is 0. The second-order valence-corrected chi connectivity index (χ2v) is 3.54.